The molecule has 55 heavy (non-hydrogen) atoms. The minimum atomic E-state index is -0.594. The molecule has 1 aromatic carbocycles. The fraction of sp³-hybridized carbons (Fsp3) is 0.472. The molecule has 0 radical (unpaired) electrons. The van der Waals surface area contributed by atoms with Crippen molar-refractivity contribution < 1.29 is 47.8 Å². The Labute approximate surface area is 319 Å². The van der Waals surface area contributed by atoms with E-state index in [0.717, 1.165) is 39.6 Å². The van der Waals surface area contributed by atoms with Crippen molar-refractivity contribution in [2.75, 3.05) is 109 Å². The lowest BCUT2D eigenvalue weighted by Gasteiger charge is -2.29. The average molecular weight is 768 g/mol. The van der Waals surface area contributed by atoms with Gasteiger partial charge < -0.3 is 24.8 Å². The summed E-state index contributed by atoms with van der Waals surface area (Å²) in [5.41, 5.74) is 8.89. The predicted octanol–water partition coefficient (Wildman–Crippen LogP) is -1.07. The molecule has 4 N–H and O–H groups in total. The maximum Gasteiger partial charge on any atom is 0.294 e. The molecule has 3 heterocycles. The molecule has 1 aromatic rings. The molecule has 0 saturated carbocycles. The zero-order valence-electron chi connectivity index (χ0n) is 31.0. The van der Waals surface area contributed by atoms with Crippen LogP contribution in [0.4, 0.5) is 11.4 Å². The number of hydrogen-bond acceptors (Lipinski definition) is 15. The summed E-state index contributed by atoms with van der Waals surface area (Å²) in [6.07, 6.45) is 4.00. The Morgan fingerprint density at radius 3 is 2.04 bits per heavy atom. The first-order valence-corrected chi connectivity index (χ1v) is 17.8. The summed E-state index contributed by atoms with van der Waals surface area (Å²) in [5.74, 6) is -2.43. The molecule has 19 nitrogen and oxygen atoms in total. The molecule has 0 aromatic heterocycles. The van der Waals surface area contributed by atoms with Crippen LogP contribution in [0.25, 0.3) is 5.57 Å². The normalized spacial score (nSPS) is 16.4. The second-order valence-corrected chi connectivity index (χ2v) is 13.0. The van der Waals surface area contributed by atoms with Crippen molar-refractivity contribution in [2.24, 2.45) is 0 Å². The molecule has 298 valence electrons. The van der Waals surface area contributed by atoms with Gasteiger partial charge in [0.15, 0.2) is 0 Å². The van der Waals surface area contributed by atoms with Gasteiger partial charge in [-0.2, -0.15) is 0 Å². The predicted molar refractivity (Wildman–Crippen MR) is 199 cm³/mol. The molecule has 3 aliphatic rings. The highest BCUT2D eigenvalue weighted by atomic mass is 16.5. The number of imide groups is 1. The molecule has 0 bridgehead atoms. The molecule has 19 heteroatoms. The number of nitrogens with zero attached hydrogens (tertiary/aromatic N) is 5. The van der Waals surface area contributed by atoms with Gasteiger partial charge in [-0.3, -0.25) is 68.9 Å². The summed E-state index contributed by atoms with van der Waals surface area (Å²) in [7, 11) is 0. The molecule has 0 spiro atoms. The number of benzene rings is 1. The van der Waals surface area contributed by atoms with Crippen molar-refractivity contribution in [1.82, 2.24) is 35.4 Å². The van der Waals surface area contributed by atoms with E-state index in [0.29, 0.717) is 77.7 Å². The first kappa shape index (κ1) is 42.3. The van der Waals surface area contributed by atoms with Crippen molar-refractivity contribution in [2.45, 2.75) is 13.3 Å². The van der Waals surface area contributed by atoms with Crippen LogP contribution in [0, 0.1) is 0 Å². The smallest absolute Gasteiger partial charge is 0.294 e. The summed E-state index contributed by atoms with van der Waals surface area (Å²) < 4.78 is 15.8. The van der Waals surface area contributed by atoms with Crippen LogP contribution in [0.1, 0.15) is 18.9 Å². The van der Waals surface area contributed by atoms with Crippen LogP contribution in [0.3, 0.4) is 0 Å². The summed E-state index contributed by atoms with van der Waals surface area (Å²) in [4.78, 5) is 91.7. The fourth-order valence-electron chi connectivity index (χ4n) is 5.99. The maximum atomic E-state index is 13.1. The second kappa shape index (κ2) is 22.0. The Hall–Kier alpha value is -5.47. The van der Waals surface area contributed by atoms with Crippen LogP contribution in [0.5, 0.6) is 0 Å². The number of carbonyl (C=O) groups excluding carboxylic acids is 7. The summed E-state index contributed by atoms with van der Waals surface area (Å²) in [6.45, 7) is 11.5. The number of rotatable bonds is 20. The third-order valence-corrected chi connectivity index (χ3v) is 8.90. The molecule has 4 rings (SSSR count). The van der Waals surface area contributed by atoms with Crippen molar-refractivity contribution in [3.8, 4) is 0 Å². The SMILES string of the molecule is C=C1C=C(C)c2ccc(NC(=O)CN(CCN3CCOCCN(CCN(COC=O)CC(=O)NNC(=O)CCN4C(=O)C=CC4=O)CC3)COC=O)cc2N1. The van der Waals surface area contributed by atoms with Crippen LogP contribution in [-0.4, -0.2) is 166 Å². The maximum absolute atomic E-state index is 13.1. The molecular weight excluding hydrogens is 718 g/mol. The summed E-state index contributed by atoms with van der Waals surface area (Å²) in [5, 5.41) is 6.14. The van der Waals surface area contributed by atoms with E-state index < -0.39 is 23.6 Å². The number of amides is 5. The van der Waals surface area contributed by atoms with Gasteiger partial charge in [-0.25, -0.2) is 0 Å². The van der Waals surface area contributed by atoms with E-state index in [9.17, 15) is 33.6 Å². The van der Waals surface area contributed by atoms with Crippen molar-refractivity contribution in [3.05, 3.63) is 54.3 Å². The minimum Gasteiger partial charge on any atom is -0.452 e. The second-order valence-electron chi connectivity index (χ2n) is 13.0. The topological polar surface area (TPSA) is 211 Å². The van der Waals surface area contributed by atoms with E-state index in [1.807, 2.05) is 31.2 Å². The summed E-state index contributed by atoms with van der Waals surface area (Å²) >= 11 is 0. The van der Waals surface area contributed by atoms with Gasteiger partial charge in [0.25, 0.3) is 30.7 Å². The number of hydrogen-bond donors (Lipinski definition) is 4. The lowest BCUT2D eigenvalue weighted by atomic mass is 10.0. The van der Waals surface area contributed by atoms with E-state index in [1.165, 1.54) is 0 Å². The zero-order chi connectivity index (χ0) is 39.6. The number of nitrogens with one attached hydrogen (secondary N) is 4. The van der Waals surface area contributed by atoms with Crippen LogP contribution < -0.4 is 21.5 Å². The number of ether oxygens (including phenoxy) is 3. The Morgan fingerprint density at radius 1 is 0.855 bits per heavy atom. The number of hydrazine groups is 1. The highest BCUT2D eigenvalue weighted by Gasteiger charge is 2.24. The molecule has 1 saturated heterocycles. The van der Waals surface area contributed by atoms with Crippen LogP contribution in [0.2, 0.25) is 0 Å². The number of fused-ring (bicyclic) bond motifs is 1. The summed E-state index contributed by atoms with van der Waals surface area (Å²) in [6, 6.07) is 5.62. The standard InChI is InChI=1S/C36H49N9O10/c1-27-19-28(2)37-31-20-29(3-4-30(27)31)38-33(49)21-43(23-54-25-46)13-11-41-9-10-42(16-18-53-17-15-41)12-14-44(24-55-26-47)22-34(50)40-39-32(48)7-8-45-35(51)5-6-36(45)52/h3-6,19-20,25-26,37H,2,7-18,21-24H2,1H3,(H,38,49)(H,39,48)(H,40,50). The zero-order valence-corrected chi connectivity index (χ0v) is 31.0. The molecule has 0 unspecified atom stereocenters. The molecule has 3 aliphatic heterocycles. The molecule has 1 fully saturated rings. The highest BCUT2D eigenvalue weighted by molar-refractivity contribution is 6.13. The lowest BCUT2D eigenvalue weighted by molar-refractivity contribution is -0.138. The van der Waals surface area contributed by atoms with Gasteiger partial charge >= 0.3 is 0 Å². The van der Waals surface area contributed by atoms with Gasteiger partial charge in [-0.1, -0.05) is 12.6 Å². The molecule has 0 aliphatic carbocycles. The van der Waals surface area contributed by atoms with Gasteiger partial charge in [0.1, 0.15) is 13.5 Å². The third kappa shape index (κ3) is 14.4. The quantitative estimate of drug-likeness (QED) is 0.0539. The third-order valence-electron chi connectivity index (χ3n) is 8.90. The molecule has 0 atom stereocenters. The minimum absolute atomic E-state index is 0.00521. The molecule has 5 amide bonds. The van der Waals surface area contributed by atoms with Crippen LogP contribution >= 0.6 is 0 Å². The monoisotopic (exact) mass is 767 g/mol. The highest BCUT2D eigenvalue weighted by Crippen LogP contribution is 2.32. The van der Waals surface area contributed by atoms with Gasteiger partial charge in [0.2, 0.25) is 11.8 Å². The van der Waals surface area contributed by atoms with Gasteiger partial charge in [-0.05, 0) is 30.7 Å². The van der Waals surface area contributed by atoms with E-state index in [-0.39, 0.29) is 51.9 Å². The Morgan fingerprint density at radius 2 is 1.44 bits per heavy atom. The number of allylic oxidation sites excluding steroid dienone is 2. The van der Waals surface area contributed by atoms with E-state index in [1.54, 1.807) is 9.80 Å². The Kier molecular flexibility index (Phi) is 16.9. The number of carbonyl (C=O) groups is 7. The Bertz CT molecular complexity index is 1620. The Balaban J connectivity index is 1.22. The number of anilines is 2. The first-order chi connectivity index (χ1) is 26.5. The van der Waals surface area contributed by atoms with E-state index in [4.69, 9.17) is 14.2 Å². The van der Waals surface area contributed by atoms with Crippen molar-refractivity contribution >= 4 is 59.4 Å². The van der Waals surface area contributed by atoms with E-state index >= 15 is 0 Å². The van der Waals surface area contributed by atoms with Gasteiger partial charge in [0.05, 0.1) is 26.3 Å². The fourth-order valence-corrected chi connectivity index (χ4v) is 5.99. The molecular formula is C36H49N9O10. The first-order valence-electron chi connectivity index (χ1n) is 17.8. The average Bonchev–Trinajstić information content (AvgIpc) is 3.53. The van der Waals surface area contributed by atoms with Crippen LogP contribution in [0.15, 0.2) is 48.7 Å². The van der Waals surface area contributed by atoms with Gasteiger partial charge in [-0.15, -0.1) is 0 Å². The largest absolute Gasteiger partial charge is 0.452 e. The van der Waals surface area contributed by atoms with Gasteiger partial charge in [0, 0.05) is 100 Å². The lowest BCUT2D eigenvalue weighted by Crippen LogP contribution is -2.49. The van der Waals surface area contributed by atoms with E-state index in [2.05, 4.69) is 37.9 Å². The van der Waals surface area contributed by atoms with Crippen molar-refractivity contribution in [3.63, 3.8) is 0 Å². The van der Waals surface area contributed by atoms with Crippen LogP contribution in [-0.2, 0) is 47.8 Å². The van der Waals surface area contributed by atoms with Crippen molar-refractivity contribution in [1.29, 1.82) is 0 Å².